The van der Waals surface area contributed by atoms with E-state index in [9.17, 15) is 9.18 Å². The number of hydrogen-bond acceptors (Lipinski definition) is 4. The van der Waals surface area contributed by atoms with E-state index < -0.39 is 0 Å². The molecule has 0 atom stereocenters. The van der Waals surface area contributed by atoms with Crippen molar-refractivity contribution < 1.29 is 13.6 Å². The maximum atomic E-state index is 13.9. The van der Waals surface area contributed by atoms with Crippen molar-refractivity contribution in [1.29, 1.82) is 0 Å². The Kier molecular flexibility index (Phi) is 7.16. The number of carbonyl (C=O) groups is 1. The summed E-state index contributed by atoms with van der Waals surface area (Å²) in [5.74, 6) is 1.43. The van der Waals surface area contributed by atoms with Gasteiger partial charge in [0.2, 0.25) is 5.91 Å². The van der Waals surface area contributed by atoms with Crippen molar-refractivity contribution in [2.24, 2.45) is 5.92 Å². The van der Waals surface area contributed by atoms with Gasteiger partial charge < -0.3 is 14.2 Å². The molecule has 3 heterocycles. The number of amides is 1. The molecule has 1 aromatic carbocycles. The molecular weight excluding hydrogens is 381 g/mol. The molecule has 0 N–H and O–H groups in total. The van der Waals surface area contributed by atoms with E-state index in [-0.39, 0.29) is 11.7 Å². The smallest absolute Gasteiger partial charge is 0.223 e. The van der Waals surface area contributed by atoms with Crippen molar-refractivity contribution >= 4 is 5.91 Å². The second kappa shape index (κ2) is 10.2. The molecule has 5 nitrogen and oxygen atoms in total. The Balaban J connectivity index is 1.21. The fourth-order valence-electron chi connectivity index (χ4n) is 4.63. The van der Waals surface area contributed by atoms with E-state index in [4.69, 9.17) is 4.42 Å². The molecule has 0 aliphatic carbocycles. The molecule has 2 saturated heterocycles. The number of nitrogens with zero attached hydrogens (tertiary/aromatic N) is 3. The van der Waals surface area contributed by atoms with Gasteiger partial charge in [-0.05, 0) is 56.8 Å². The van der Waals surface area contributed by atoms with E-state index in [1.165, 1.54) is 57.6 Å². The summed E-state index contributed by atoms with van der Waals surface area (Å²) < 4.78 is 19.6. The quantitative estimate of drug-likeness (QED) is 0.698. The van der Waals surface area contributed by atoms with Crippen molar-refractivity contribution in [3.63, 3.8) is 0 Å². The highest BCUT2D eigenvalue weighted by molar-refractivity contribution is 5.76. The SMILES string of the molecule is O=C(CCc1ncc(-c2ccccc2F)o1)N1CCC(CN2CCCCCC2)CC1. The lowest BCUT2D eigenvalue weighted by atomic mass is 9.95. The Hall–Kier alpha value is -2.21. The number of aryl methyl sites for hydroxylation is 1. The maximum absolute atomic E-state index is 13.9. The highest BCUT2D eigenvalue weighted by atomic mass is 19.1. The lowest BCUT2D eigenvalue weighted by Crippen LogP contribution is -2.41. The van der Waals surface area contributed by atoms with E-state index in [0.717, 1.165) is 25.9 Å². The maximum Gasteiger partial charge on any atom is 0.223 e. The Bertz CT molecular complexity index is 821. The molecule has 1 aromatic heterocycles. The van der Waals surface area contributed by atoms with Gasteiger partial charge in [0.15, 0.2) is 11.7 Å². The highest BCUT2D eigenvalue weighted by Gasteiger charge is 2.24. The molecule has 0 saturated carbocycles. The molecule has 30 heavy (non-hydrogen) atoms. The molecule has 162 valence electrons. The zero-order valence-corrected chi connectivity index (χ0v) is 17.7. The largest absolute Gasteiger partial charge is 0.441 e. The number of hydrogen-bond donors (Lipinski definition) is 0. The predicted octanol–water partition coefficient (Wildman–Crippen LogP) is 4.53. The van der Waals surface area contributed by atoms with Crippen LogP contribution in [0.5, 0.6) is 0 Å². The molecule has 0 radical (unpaired) electrons. The molecule has 2 aliphatic rings. The second-order valence-corrected chi connectivity index (χ2v) is 8.64. The lowest BCUT2D eigenvalue weighted by Gasteiger charge is -2.34. The van der Waals surface area contributed by atoms with Crippen LogP contribution in [0.3, 0.4) is 0 Å². The van der Waals surface area contributed by atoms with Crippen molar-refractivity contribution in [3.8, 4) is 11.3 Å². The number of carbonyl (C=O) groups excluding carboxylic acids is 1. The van der Waals surface area contributed by atoms with Crippen LogP contribution in [0.4, 0.5) is 4.39 Å². The first kappa shape index (κ1) is 21.0. The van der Waals surface area contributed by atoms with Gasteiger partial charge in [0.25, 0.3) is 0 Å². The average molecular weight is 414 g/mol. The third-order valence-electron chi connectivity index (χ3n) is 6.43. The zero-order valence-electron chi connectivity index (χ0n) is 17.7. The van der Waals surface area contributed by atoms with Gasteiger partial charge >= 0.3 is 0 Å². The Morgan fingerprint density at radius 2 is 1.80 bits per heavy atom. The van der Waals surface area contributed by atoms with Crippen LogP contribution in [0.15, 0.2) is 34.9 Å². The van der Waals surface area contributed by atoms with Crippen LogP contribution in [0, 0.1) is 11.7 Å². The van der Waals surface area contributed by atoms with Gasteiger partial charge in [-0.2, -0.15) is 0 Å². The van der Waals surface area contributed by atoms with Crippen LogP contribution in [-0.4, -0.2) is 53.4 Å². The first-order valence-corrected chi connectivity index (χ1v) is 11.4. The average Bonchev–Trinajstić information content (AvgIpc) is 3.09. The normalized spacial score (nSPS) is 19.0. The van der Waals surface area contributed by atoms with Gasteiger partial charge in [-0.25, -0.2) is 9.37 Å². The van der Waals surface area contributed by atoms with E-state index in [1.54, 1.807) is 18.2 Å². The molecule has 6 heteroatoms. The number of likely N-dealkylation sites (tertiary alicyclic amines) is 2. The number of aromatic nitrogens is 1. The van der Waals surface area contributed by atoms with Gasteiger partial charge in [0, 0.05) is 32.5 Å². The lowest BCUT2D eigenvalue weighted by molar-refractivity contribution is -0.132. The van der Waals surface area contributed by atoms with Gasteiger partial charge in [0.05, 0.1) is 11.8 Å². The van der Waals surface area contributed by atoms with E-state index >= 15 is 0 Å². The van der Waals surface area contributed by atoms with Crippen LogP contribution < -0.4 is 0 Å². The summed E-state index contributed by atoms with van der Waals surface area (Å²) in [5, 5.41) is 0. The van der Waals surface area contributed by atoms with E-state index in [1.807, 2.05) is 4.90 Å². The van der Waals surface area contributed by atoms with Gasteiger partial charge in [0.1, 0.15) is 5.82 Å². The van der Waals surface area contributed by atoms with Gasteiger partial charge in [-0.15, -0.1) is 0 Å². The van der Waals surface area contributed by atoms with Crippen LogP contribution in [0.1, 0.15) is 50.8 Å². The zero-order chi connectivity index (χ0) is 20.8. The fraction of sp³-hybridized carbons (Fsp3) is 0.583. The van der Waals surface area contributed by atoms with Crippen molar-refractivity contribution in [1.82, 2.24) is 14.8 Å². The minimum absolute atomic E-state index is 0.161. The Labute approximate surface area is 178 Å². The molecule has 0 spiro atoms. The molecular formula is C24H32FN3O2. The minimum atomic E-state index is -0.334. The van der Waals surface area contributed by atoms with Crippen LogP contribution >= 0.6 is 0 Å². The first-order valence-electron chi connectivity index (χ1n) is 11.4. The van der Waals surface area contributed by atoms with E-state index in [2.05, 4.69) is 9.88 Å². The summed E-state index contributed by atoms with van der Waals surface area (Å²) in [5.41, 5.74) is 0.397. The topological polar surface area (TPSA) is 49.6 Å². The summed E-state index contributed by atoms with van der Waals surface area (Å²) in [4.78, 5) is 21.5. The molecule has 0 bridgehead atoms. The minimum Gasteiger partial charge on any atom is -0.441 e. The van der Waals surface area contributed by atoms with E-state index in [0.29, 0.717) is 36.0 Å². The van der Waals surface area contributed by atoms with Gasteiger partial charge in [-0.3, -0.25) is 4.79 Å². The standard InChI is InChI=1S/C24H32FN3O2/c25-21-8-4-3-7-20(21)22-17-26-23(30-22)9-10-24(29)28-15-11-19(12-16-28)18-27-13-5-1-2-6-14-27/h3-4,7-8,17,19H,1-2,5-6,9-16,18H2. The highest BCUT2D eigenvalue weighted by Crippen LogP contribution is 2.24. The van der Waals surface area contributed by atoms with Crippen LogP contribution in [-0.2, 0) is 11.2 Å². The van der Waals surface area contributed by atoms with Crippen molar-refractivity contribution in [3.05, 3.63) is 42.2 Å². The summed E-state index contributed by atoms with van der Waals surface area (Å²) in [6.45, 7) is 5.37. The van der Waals surface area contributed by atoms with Crippen molar-refractivity contribution in [2.45, 2.75) is 51.4 Å². The number of rotatable bonds is 6. The number of oxazole rings is 1. The number of halogens is 1. The third kappa shape index (κ3) is 5.48. The summed E-state index contributed by atoms with van der Waals surface area (Å²) >= 11 is 0. The van der Waals surface area contributed by atoms with Crippen molar-refractivity contribution in [2.75, 3.05) is 32.7 Å². The Morgan fingerprint density at radius 3 is 2.53 bits per heavy atom. The van der Waals surface area contributed by atoms with Gasteiger partial charge in [-0.1, -0.05) is 25.0 Å². The molecule has 2 fully saturated rings. The monoisotopic (exact) mass is 413 g/mol. The second-order valence-electron chi connectivity index (χ2n) is 8.64. The van der Waals surface area contributed by atoms with Crippen LogP contribution in [0.25, 0.3) is 11.3 Å². The molecule has 2 aromatic rings. The number of piperidine rings is 1. The third-order valence-corrected chi connectivity index (χ3v) is 6.43. The predicted molar refractivity (Wildman–Crippen MR) is 114 cm³/mol. The summed E-state index contributed by atoms with van der Waals surface area (Å²) in [6, 6.07) is 6.48. The molecule has 4 rings (SSSR count). The fourth-order valence-corrected chi connectivity index (χ4v) is 4.63. The number of benzene rings is 1. The molecule has 2 aliphatic heterocycles. The summed E-state index contributed by atoms with van der Waals surface area (Å²) in [7, 11) is 0. The van der Waals surface area contributed by atoms with Crippen LogP contribution in [0.2, 0.25) is 0 Å². The molecule has 1 amide bonds. The molecule has 0 unspecified atom stereocenters. The first-order chi connectivity index (χ1) is 14.7. The summed E-state index contributed by atoms with van der Waals surface area (Å²) in [6.07, 6.45) is 9.96. The Morgan fingerprint density at radius 1 is 1.07 bits per heavy atom.